The van der Waals surface area contributed by atoms with Gasteiger partial charge in [0, 0.05) is 19.3 Å². The van der Waals surface area contributed by atoms with Gasteiger partial charge in [0.25, 0.3) is 0 Å². The molecular weight excluding hydrogens is 232 g/mol. The van der Waals surface area contributed by atoms with Crippen LogP contribution >= 0.6 is 0 Å². The number of rotatable bonds is 3. The Morgan fingerprint density at radius 2 is 1.68 bits per heavy atom. The summed E-state index contributed by atoms with van der Waals surface area (Å²) in [4.78, 5) is 2.43. The summed E-state index contributed by atoms with van der Waals surface area (Å²) in [7, 11) is 2.21. The molecule has 0 saturated heterocycles. The predicted molar refractivity (Wildman–Crippen MR) is 83.5 cm³/mol. The average Bonchev–Trinajstić information content (AvgIpc) is 2.37. The highest BCUT2D eigenvalue weighted by atomic mass is 15.2. The monoisotopic (exact) mass is 260 g/mol. The highest BCUT2D eigenvalue weighted by Gasteiger charge is 2.40. The first-order valence-electron chi connectivity index (χ1n) is 7.47. The second-order valence-electron chi connectivity index (χ2n) is 6.68. The van der Waals surface area contributed by atoms with Crippen molar-refractivity contribution in [2.45, 2.75) is 45.6 Å². The van der Waals surface area contributed by atoms with Crippen molar-refractivity contribution in [3.05, 3.63) is 29.8 Å². The van der Waals surface area contributed by atoms with Gasteiger partial charge in [-0.1, -0.05) is 31.5 Å². The molecular formula is C17H28N2. The van der Waals surface area contributed by atoms with E-state index >= 15 is 0 Å². The summed E-state index contributed by atoms with van der Waals surface area (Å²) >= 11 is 0. The van der Waals surface area contributed by atoms with Gasteiger partial charge in [-0.25, -0.2) is 0 Å². The Morgan fingerprint density at radius 1 is 1.16 bits per heavy atom. The molecule has 0 aromatic heterocycles. The van der Waals surface area contributed by atoms with E-state index in [1.54, 1.807) is 0 Å². The molecule has 0 radical (unpaired) electrons. The minimum atomic E-state index is 0.131. The maximum absolute atomic E-state index is 6.19. The van der Waals surface area contributed by atoms with Crippen LogP contribution < -0.4 is 10.6 Å². The summed E-state index contributed by atoms with van der Waals surface area (Å²) in [5.41, 5.74) is 8.92. The minimum Gasteiger partial charge on any atom is -0.368 e. The van der Waals surface area contributed by atoms with Gasteiger partial charge in [-0.3, -0.25) is 0 Å². The van der Waals surface area contributed by atoms with E-state index in [4.69, 9.17) is 5.73 Å². The van der Waals surface area contributed by atoms with Gasteiger partial charge in [-0.2, -0.15) is 0 Å². The zero-order chi connectivity index (χ0) is 14.0. The molecule has 1 aromatic carbocycles. The Bertz CT molecular complexity index is 400. The second-order valence-corrected chi connectivity index (χ2v) is 6.68. The Hall–Kier alpha value is -1.02. The number of likely N-dealkylation sites (N-methyl/N-ethyl adjacent to an activating group) is 1. The van der Waals surface area contributed by atoms with Crippen LogP contribution in [0, 0.1) is 18.8 Å². The molecule has 19 heavy (non-hydrogen) atoms. The Morgan fingerprint density at radius 3 is 2.16 bits per heavy atom. The molecule has 106 valence electrons. The van der Waals surface area contributed by atoms with Gasteiger partial charge in [0.1, 0.15) is 0 Å². The quantitative estimate of drug-likeness (QED) is 0.900. The fourth-order valence-electron chi connectivity index (χ4n) is 3.85. The third-order valence-corrected chi connectivity index (χ3v) is 4.77. The molecule has 1 aromatic rings. The number of aryl methyl sites for hydroxylation is 1. The van der Waals surface area contributed by atoms with Crippen molar-refractivity contribution in [1.82, 2.24) is 0 Å². The van der Waals surface area contributed by atoms with Crippen molar-refractivity contribution in [1.29, 1.82) is 0 Å². The normalized spacial score (nSPS) is 31.2. The van der Waals surface area contributed by atoms with E-state index in [1.807, 2.05) is 0 Å². The van der Waals surface area contributed by atoms with Crippen LogP contribution in [0.2, 0.25) is 0 Å². The average molecular weight is 260 g/mol. The van der Waals surface area contributed by atoms with Gasteiger partial charge in [-0.05, 0) is 50.2 Å². The molecule has 0 heterocycles. The third kappa shape index (κ3) is 2.94. The van der Waals surface area contributed by atoms with Crippen LogP contribution in [0.5, 0.6) is 0 Å². The lowest BCUT2D eigenvalue weighted by atomic mass is 9.70. The van der Waals surface area contributed by atoms with E-state index in [9.17, 15) is 0 Å². The smallest absolute Gasteiger partial charge is 0.0526 e. The molecule has 2 unspecified atom stereocenters. The van der Waals surface area contributed by atoms with Gasteiger partial charge in [0.15, 0.2) is 0 Å². The third-order valence-electron chi connectivity index (χ3n) is 4.77. The van der Waals surface area contributed by atoms with Gasteiger partial charge >= 0.3 is 0 Å². The summed E-state index contributed by atoms with van der Waals surface area (Å²) < 4.78 is 0. The Labute approximate surface area is 118 Å². The maximum Gasteiger partial charge on any atom is 0.0526 e. The fraction of sp³-hybridized carbons (Fsp3) is 0.647. The molecule has 0 amide bonds. The zero-order valence-electron chi connectivity index (χ0n) is 12.8. The van der Waals surface area contributed by atoms with Crippen molar-refractivity contribution < 1.29 is 0 Å². The fourth-order valence-corrected chi connectivity index (χ4v) is 3.85. The van der Waals surface area contributed by atoms with Gasteiger partial charge in [0.2, 0.25) is 0 Å². The number of benzene rings is 1. The zero-order valence-corrected chi connectivity index (χ0v) is 12.8. The lowest BCUT2D eigenvalue weighted by molar-refractivity contribution is 0.182. The number of hydrogen-bond donors (Lipinski definition) is 1. The lowest BCUT2D eigenvalue weighted by Gasteiger charge is -2.49. The maximum atomic E-state index is 6.19. The van der Waals surface area contributed by atoms with Gasteiger partial charge in [-0.15, -0.1) is 0 Å². The van der Waals surface area contributed by atoms with Crippen LogP contribution in [-0.4, -0.2) is 19.1 Å². The van der Waals surface area contributed by atoms with Crippen LogP contribution in [0.4, 0.5) is 5.69 Å². The molecule has 2 N–H and O–H groups in total. The molecule has 1 aliphatic carbocycles. The highest BCUT2D eigenvalue weighted by Crippen LogP contribution is 2.40. The van der Waals surface area contributed by atoms with Crippen molar-refractivity contribution in [2.75, 3.05) is 18.5 Å². The van der Waals surface area contributed by atoms with Crippen LogP contribution in [0.25, 0.3) is 0 Å². The van der Waals surface area contributed by atoms with Crippen LogP contribution in [0.1, 0.15) is 38.7 Å². The van der Waals surface area contributed by atoms with Crippen molar-refractivity contribution in [2.24, 2.45) is 17.6 Å². The number of nitrogens with two attached hydrogens (primary N) is 1. The van der Waals surface area contributed by atoms with E-state index in [2.05, 4.69) is 57.0 Å². The first-order chi connectivity index (χ1) is 8.97. The van der Waals surface area contributed by atoms with Gasteiger partial charge < -0.3 is 10.6 Å². The largest absolute Gasteiger partial charge is 0.368 e. The van der Waals surface area contributed by atoms with Crippen molar-refractivity contribution >= 4 is 5.69 Å². The molecule has 0 aliphatic heterocycles. The van der Waals surface area contributed by atoms with E-state index in [0.717, 1.165) is 18.4 Å². The molecule has 1 aliphatic rings. The molecule has 1 saturated carbocycles. The predicted octanol–water partition coefficient (Wildman–Crippen LogP) is 3.58. The van der Waals surface area contributed by atoms with Crippen molar-refractivity contribution in [3.63, 3.8) is 0 Å². The summed E-state index contributed by atoms with van der Waals surface area (Å²) in [6.45, 7) is 7.60. The molecule has 1 fully saturated rings. The van der Waals surface area contributed by atoms with E-state index in [1.165, 1.54) is 30.5 Å². The standard InChI is InChI=1S/C17H28N2/c1-13-5-7-16(8-6-13)19(4)17(12-18)10-14(2)9-15(3)11-17/h5-8,14-15H,9-12,18H2,1-4H3. The summed E-state index contributed by atoms with van der Waals surface area (Å²) in [5.74, 6) is 1.53. The highest BCUT2D eigenvalue weighted by molar-refractivity contribution is 5.49. The number of nitrogens with zero attached hydrogens (tertiary/aromatic N) is 1. The topological polar surface area (TPSA) is 29.3 Å². The summed E-state index contributed by atoms with van der Waals surface area (Å²) in [6, 6.07) is 8.81. The Kier molecular flexibility index (Phi) is 4.19. The molecule has 2 atom stereocenters. The Balaban J connectivity index is 2.27. The SMILES string of the molecule is Cc1ccc(N(C)C2(CN)CC(C)CC(C)C2)cc1. The van der Waals surface area contributed by atoms with Crippen molar-refractivity contribution in [3.8, 4) is 0 Å². The second kappa shape index (κ2) is 5.54. The van der Waals surface area contributed by atoms with Crippen LogP contribution in [0.15, 0.2) is 24.3 Å². The molecule has 2 heteroatoms. The van der Waals surface area contributed by atoms with Crippen LogP contribution in [0.3, 0.4) is 0 Å². The summed E-state index contributed by atoms with van der Waals surface area (Å²) in [5, 5.41) is 0. The summed E-state index contributed by atoms with van der Waals surface area (Å²) in [6.07, 6.45) is 3.75. The van der Waals surface area contributed by atoms with Crippen LogP contribution in [-0.2, 0) is 0 Å². The number of hydrogen-bond acceptors (Lipinski definition) is 2. The molecule has 2 nitrogen and oxygen atoms in total. The minimum absolute atomic E-state index is 0.131. The number of anilines is 1. The van der Waals surface area contributed by atoms with E-state index < -0.39 is 0 Å². The van der Waals surface area contributed by atoms with Gasteiger partial charge in [0.05, 0.1) is 5.54 Å². The first kappa shape index (κ1) is 14.4. The lowest BCUT2D eigenvalue weighted by Crippen LogP contribution is -2.56. The van der Waals surface area contributed by atoms with E-state index in [-0.39, 0.29) is 5.54 Å². The molecule has 2 rings (SSSR count). The molecule has 0 bridgehead atoms. The molecule has 0 spiro atoms. The van der Waals surface area contributed by atoms with E-state index in [0.29, 0.717) is 0 Å². The first-order valence-corrected chi connectivity index (χ1v) is 7.47.